The molecule has 0 radical (unpaired) electrons. The average Bonchev–Trinajstić information content (AvgIpc) is 3.02. The van der Waals surface area contributed by atoms with E-state index >= 15 is 0 Å². The van der Waals surface area contributed by atoms with E-state index in [-0.39, 0.29) is 0 Å². The average molecular weight is 192 g/mol. The molecule has 1 heterocycles. The van der Waals surface area contributed by atoms with Crippen molar-refractivity contribution in [3.8, 4) is 0 Å². The highest BCUT2D eigenvalue weighted by Gasteiger charge is 2.29. The Morgan fingerprint density at radius 1 is 1.43 bits per heavy atom. The Hall–Kier alpha value is -0.860. The normalized spacial score (nSPS) is 21.9. The SMILES string of the molecule is C[C@H](COCc1ccccc1)[C@@H]1CO1. The molecule has 0 aliphatic carbocycles. The zero-order valence-electron chi connectivity index (χ0n) is 8.48. The molecular formula is C12H16O2. The van der Waals surface area contributed by atoms with Crippen LogP contribution in [0.25, 0.3) is 0 Å². The van der Waals surface area contributed by atoms with Crippen LogP contribution >= 0.6 is 0 Å². The molecule has 0 saturated carbocycles. The van der Waals surface area contributed by atoms with Gasteiger partial charge in [-0.25, -0.2) is 0 Å². The zero-order valence-corrected chi connectivity index (χ0v) is 8.48. The van der Waals surface area contributed by atoms with E-state index in [0.29, 0.717) is 18.6 Å². The maximum absolute atomic E-state index is 5.60. The van der Waals surface area contributed by atoms with Gasteiger partial charge in [0.25, 0.3) is 0 Å². The minimum Gasteiger partial charge on any atom is -0.376 e. The molecule has 76 valence electrons. The van der Waals surface area contributed by atoms with Crippen molar-refractivity contribution in [2.75, 3.05) is 13.2 Å². The van der Waals surface area contributed by atoms with E-state index in [2.05, 4.69) is 19.1 Å². The summed E-state index contributed by atoms with van der Waals surface area (Å²) in [6, 6.07) is 10.2. The lowest BCUT2D eigenvalue weighted by Crippen LogP contribution is -2.11. The molecule has 2 atom stereocenters. The molecular weight excluding hydrogens is 176 g/mol. The minimum atomic E-state index is 0.450. The van der Waals surface area contributed by atoms with Crippen molar-refractivity contribution in [2.24, 2.45) is 5.92 Å². The van der Waals surface area contributed by atoms with E-state index in [1.54, 1.807) is 0 Å². The van der Waals surface area contributed by atoms with Crippen molar-refractivity contribution < 1.29 is 9.47 Å². The number of benzene rings is 1. The second-order valence-corrected chi connectivity index (χ2v) is 3.85. The van der Waals surface area contributed by atoms with Crippen LogP contribution in [0.15, 0.2) is 30.3 Å². The number of ether oxygens (including phenoxy) is 2. The summed E-state index contributed by atoms with van der Waals surface area (Å²) in [4.78, 5) is 0. The maximum Gasteiger partial charge on any atom is 0.0857 e. The van der Waals surface area contributed by atoms with Gasteiger partial charge in [-0.05, 0) is 5.56 Å². The van der Waals surface area contributed by atoms with Gasteiger partial charge in [0.2, 0.25) is 0 Å². The fourth-order valence-corrected chi connectivity index (χ4v) is 1.43. The summed E-state index contributed by atoms with van der Waals surface area (Å²) in [6.07, 6.45) is 0.450. The van der Waals surface area contributed by atoms with Crippen molar-refractivity contribution in [1.29, 1.82) is 0 Å². The topological polar surface area (TPSA) is 21.8 Å². The van der Waals surface area contributed by atoms with E-state index in [1.807, 2.05) is 18.2 Å². The lowest BCUT2D eigenvalue weighted by Gasteiger charge is -2.08. The van der Waals surface area contributed by atoms with Gasteiger partial charge in [0.15, 0.2) is 0 Å². The Labute approximate surface area is 84.8 Å². The van der Waals surface area contributed by atoms with Crippen molar-refractivity contribution in [3.05, 3.63) is 35.9 Å². The highest BCUT2D eigenvalue weighted by atomic mass is 16.6. The van der Waals surface area contributed by atoms with E-state index in [9.17, 15) is 0 Å². The van der Waals surface area contributed by atoms with Crippen LogP contribution < -0.4 is 0 Å². The largest absolute Gasteiger partial charge is 0.376 e. The second-order valence-electron chi connectivity index (χ2n) is 3.85. The maximum atomic E-state index is 5.60. The molecule has 0 bridgehead atoms. The number of epoxide rings is 1. The van der Waals surface area contributed by atoms with Gasteiger partial charge in [-0.1, -0.05) is 37.3 Å². The van der Waals surface area contributed by atoms with Crippen LogP contribution in [0.2, 0.25) is 0 Å². The molecule has 1 aromatic rings. The van der Waals surface area contributed by atoms with E-state index < -0.39 is 0 Å². The molecule has 0 N–H and O–H groups in total. The first-order valence-electron chi connectivity index (χ1n) is 5.09. The third kappa shape index (κ3) is 2.82. The molecule has 14 heavy (non-hydrogen) atoms. The second kappa shape index (κ2) is 4.58. The Bertz CT molecular complexity index is 267. The molecule has 2 rings (SSSR count). The van der Waals surface area contributed by atoms with Gasteiger partial charge in [0.05, 0.1) is 25.9 Å². The third-order valence-corrected chi connectivity index (χ3v) is 2.49. The van der Waals surface area contributed by atoms with Gasteiger partial charge in [-0.3, -0.25) is 0 Å². The van der Waals surface area contributed by atoms with E-state index in [1.165, 1.54) is 5.56 Å². The summed E-state index contributed by atoms with van der Waals surface area (Å²) in [5.41, 5.74) is 1.23. The van der Waals surface area contributed by atoms with Gasteiger partial charge in [-0.2, -0.15) is 0 Å². The summed E-state index contributed by atoms with van der Waals surface area (Å²) in [5, 5.41) is 0. The van der Waals surface area contributed by atoms with Gasteiger partial charge in [0.1, 0.15) is 0 Å². The smallest absolute Gasteiger partial charge is 0.0857 e. The molecule has 2 heteroatoms. The Morgan fingerprint density at radius 3 is 2.79 bits per heavy atom. The number of hydrogen-bond donors (Lipinski definition) is 0. The fourth-order valence-electron chi connectivity index (χ4n) is 1.43. The predicted octanol–water partition coefficient (Wildman–Crippen LogP) is 2.24. The van der Waals surface area contributed by atoms with Gasteiger partial charge in [0, 0.05) is 5.92 Å². The van der Waals surface area contributed by atoms with Crippen molar-refractivity contribution >= 4 is 0 Å². The third-order valence-electron chi connectivity index (χ3n) is 2.49. The van der Waals surface area contributed by atoms with Crippen LogP contribution in [0, 0.1) is 5.92 Å². The van der Waals surface area contributed by atoms with Crippen molar-refractivity contribution in [1.82, 2.24) is 0 Å². The highest BCUT2D eigenvalue weighted by molar-refractivity contribution is 5.13. The Kier molecular flexibility index (Phi) is 3.17. The monoisotopic (exact) mass is 192 g/mol. The van der Waals surface area contributed by atoms with Crippen LogP contribution in [0.3, 0.4) is 0 Å². The van der Waals surface area contributed by atoms with Crippen molar-refractivity contribution in [2.45, 2.75) is 19.6 Å². The van der Waals surface area contributed by atoms with Crippen LogP contribution in [0.5, 0.6) is 0 Å². The zero-order chi connectivity index (χ0) is 9.80. The molecule has 1 aliphatic heterocycles. The quantitative estimate of drug-likeness (QED) is 0.667. The van der Waals surface area contributed by atoms with Crippen molar-refractivity contribution in [3.63, 3.8) is 0 Å². The van der Waals surface area contributed by atoms with Crippen LogP contribution in [-0.2, 0) is 16.1 Å². The number of rotatable bonds is 5. The molecule has 0 unspecified atom stereocenters. The summed E-state index contributed by atoms with van der Waals surface area (Å²) < 4.78 is 10.8. The predicted molar refractivity (Wildman–Crippen MR) is 55.0 cm³/mol. The highest BCUT2D eigenvalue weighted by Crippen LogP contribution is 2.20. The molecule has 0 aromatic heterocycles. The molecule has 1 saturated heterocycles. The van der Waals surface area contributed by atoms with E-state index in [0.717, 1.165) is 13.2 Å². The van der Waals surface area contributed by atoms with Gasteiger partial charge < -0.3 is 9.47 Å². The summed E-state index contributed by atoms with van der Waals surface area (Å²) >= 11 is 0. The first-order chi connectivity index (χ1) is 6.86. The van der Waals surface area contributed by atoms with Crippen LogP contribution in [0.4, 0.5) is 0 Å². The lowest BCUT2D eigenvalue weighted by atomic mass is 10.1. The summed E-state index contributed by atoms with van der Waals surface area (Å²) in [7, 11) is 0. The Morgan fingerprint density at radius 2 is 2.14 bits per heavy atom. The molecule has 0 spiro atoms. The molecule has 1 aromatic carbocycles. The first kappa shape index (κ1) is 9.69. The first-order valence-corrected chi connectivity index (χ1v) is 5.09. The van der Waals surface area contributed by atoms with E-state index in [4.69, 9.17) is 9.47 Å². The van der Waals surface area contributed by atoms with Gasteiger partial charge in [-0.15, -0.1) is 0 Å². The fraction of sp³-hybridized carbons (Fsp3) is 0.500. The van der Waals surface area contributed by atoms with Crippen LogP contribution in [-0.4, -0.2) is 19.3 Å². The van der Waals surface area contributed by atoms with Crippen LogP contribution in [0.1, 0.15) is 12.5 Å². The lowest BCUT2D eigenvalue weighted by molar-refractivity contribution is 0.0825. The molecule has 1 aliphatic rings. The molecule has 1 fully saturated rings. The Balaban J connectivity index is 1.67. The summed E-state index contributed by atoms with van der Waals surface area (Å²) in [5.74, 6) is 0.527. The standard InChI is InChI=1S/C12H16O2/c1-10(12-9-14-12)7-13-8-11-5-3-2-4-6-11/h2-6,10,12H,7-9H2,1H3/t10-,12+/m1/s1. The molecule has 0 amide bonds. The minimum absolute atomic E-state index is 0.450. The molecule has 2 nitrogen and oxygen atoms in total. The van der Waals surface area contributed by atoms with Gasteiger partial charge >= 0.3 is 0 Å². The number of hydrogen-bond acceptors (Lipinski definition) is 2. The summed E-state index contributed by atoms with van der Waals surface area (Å²) in [6.45, 7) is 4.58.